The lowest BCUT2D eigenvalue weighted by Gasteiger charge is -2.41. The highest BCUT2D eigenvalue weighted by molar-refractivity contribution is 5.83. The number of aryl methyl sites for hydroxylation is 1. The number of hydrogen-bond acceptors (Lipinski definition) is 7. The second-order valence-corrected chi connectivity index (χ2v) is 7.88. The Hall–Kier alpha value is -3.15. The summed E-state index contributed by atoms with van der Waals surface area (Å²) in [5, 5.41) is 16.4. The number of nitriles is 1. The Labute approximate surface area is 163 Å². The molecular formula is C19H22N8O. The molecule has 0 spiro atoms. The minimum Gasteiger partial charge on any atom is -0.352 e. The predicted molar refractivity (Wildman–Crippen MR) is 102 cm³/mol. The topological polar surface area (TPSA) is 103 Å². The summed E-state index contributed by atoms with van der Waals surface area (Å²) in [6, 6.07) is 4.56. The number of anilines is 3. The Morgan fingerprint density at radius 1 is 1.32 bits per heavy atom. The Bertz CT molecular complexity index is 935. The Kier molecular flexibility index (Phi) is 3.93. The van der Waals surface area contributed by atoms with Gasteiger partial charge in [0.1, 0.15) is 5.82 Å². The van der Waals surface area contributed by atoms with E-state index in [1.165, 1.54) is 0 Å². The van der Waals surface area contributed by atoms with E-state index in [1.54, 1.807) is 17.1 Å². The van der Waals surface area contributed by atoms with Crippen molar-refractivity contribution in [2.45, 2.75) is 31.3 Å². The Morgan fingerprint density at radius 3 is 2.75 bits per heavy atom. The smallest absolute Gasteiger partial charge is 0.229 e. The van der Waals surface area contributed by atoms with Crippen molar-refractivity contribution in [1.29, 1.82) is 5.26 Å². The highest BCUT2D eigenvalue weighted by atomic mass is 16.2. The van der Waals surface area contributed by atoms with E-state index in [-0.39, 0.29) is 29.8 Å². The minimum atomic E-state index is -0.0760. The zero-order valence-corrected chi connectivity index (χ0v) is 15.7. The van der Waals surface area contributed by atoms with Crippen molar-refractivity contribution in [3.8, 4) is 6.07 Å². The zero-order valence-electron chi connectivity index (χ0n) is 15.7. The summed E-state index contributed by atoms with van der Waals surface area (Å²) in [6.45, 7) is 1.55. The summed E-state index contributed by atoms with van der Waals surface area (Å²) >= 11 is 0. The van der Waals surface area contributed by atoms with Crippen molar-refractivity contribution in [1.82, 2.24) is 24.6 Å². The summed E-state index contributed by atoms with van der Waals surface area (Å²) in [6.07, 6.45) is 8.11. The molecule has 1 N–H and O–H groups in total. The molecule has 144 valence electrons. The number of amides is 1. The first-order valence-corrected chi connectivity index (χ1v) is 9.68. The van der Waals surface area contributed by atoms with Gasteiger partial charge in [0.05, 0.1) is 29.8 Å². The summed E-state index contributed by atoms with van der Waals surface area (Å²) in [7, 11) is 1.86. The van der Waals surface area contributed by atoms with Crippen LogP contribution in [0.25, 0.3) is 0 Å². The van der Waals surface area contributed by atoms with Gasteiger partial charge in [-0.1, -0.05) is 0 Å². The van der Waals surface area contributed by atoms with Crippen molar-refractivity contribution in [3.63, 3.8) is 0 Å². The summed E-state index contributed by atoms with van der Waals surface area (Å²) < 4.78 is 1.72. The van der Waals surface area contributed by atoms with Crippen LogP contribution in [0.5, 0.6) is 0 Å². The predicted octanol–water partition coefficient (Wildman–Crippen LogP) is 1.29. The van der Waals surface area contributed by atoms with Gasteiger partial charge in [-0.15, -0.1) is 0 Å². The molecule has 1 saturated carbocycles. The zero-order chi connectivity index (χ0) is 19.3. The van der Waals surface area contributed by atoms with E-state index >= 15 is 0 Å². The number of fused-ring (bicyclic) bond motifs is 2. The van der Waals surface area contributed by atoms with Crippen molar-refractivity contribution in [2.75, 3.05) is 23.3 Å². The standard InChI is InChI=1S/C19H22N8O/c1-25-9-13(8-22-25)23-19-21-5-4-17(24-19)26-10-14-2-3-15(11-26)27(14)18(28)16-6-12(16)7-20/h4-5,8-9,12,14-16H,2-3,6,10-11H2,1H3,(H,21,23,24)/t12-,14-,15?,16-/m1/s1. The monoisotopic (exact) mass is 378 g/mol. The van der Waals surface area contributed by atoms with Gasteiger partial charge in [-0.3, -0.25) is 9.48 Å². The fraction of sp³-hybridized carbons (Fsp3) is 0.526. The SMILES string of the molecule is Cn1cc(Nc2nccc(N3CC4CC[C@H](C3)N4C(=O)[C@@H]3C[C@@H]3C#N)n2)cn1. The molecule has 1 unspecified atom stereocenters. The summed E-state index contributed by atoms with van der Waals surface area (Å²) in [4.78, 5) is 26.1. The van der Waals surface area contributed by atoms with Crippen LogP contribution in [-0.2, 0) is 11.8 Å². The molecule has 2 aliphatic heterocycles. The van der Waals surface area contributed by atoms with Crippen molar-refractivity contribution in [2.24, 2.45) is 18.9 Å². The third kappa shape index (κ3) is 2.95. The first-order valence-electron chi connectivity index (χ1n) is 9.68. The van der Waals surface area contributed by atoms with Crippen molar-refractivity contribution >= 4 is 23.4 Å². The Morgan fingerprint density at radius 2 is 2.11 bits per heavy atom. The van der Waals surface area contributed by atoms with Crippen molar-refractivity contribution < 1.29 is 4.79 Å². The van der Waals surface area contributed by atoms with Crippen LogP contribution in [-0.4, -0.2) is 55.7 Å². The maximum Gasteiger partial charge on any atom is 0.229 e. The van der Waals surface area contributed by atoms with Crippen LogP contribution in [0.4, 0.5) is 17.5 Å². The average molecular weight is 378 g/mol. The number of nitrogens with one attached hydrogen (secondary N) is 1. The normalized spacial score (nSPS) is 28.1. The van der Waals surface area contributed by atoms with Gasteiger partial charge < -0.3 is 15.1 Å². The summed E-state index contributed by atoms with van der Waals surface area (Å²) in [5.41, 5.74) is 0.839. The molecule has 4 heterocycles. The largest absolute Gasteiger partial charge is 0.352 e. The van der Waals surface area contributed by atoms with Gasteiger partial charge in [0.25, 0.3) is 0 Å². The third-order valence-corrected chi connectivity index (χ3v) is 5.94. The second-order valence-electron chi connectivity index (χ2n) is 7.88. The number of carbonyl (C=O) groups excluding carboxylic acids is 1. The van der Waals surface area contributed by atoms with E-state index in [2.05, 4.69) is 36.3 Å². The molecule has 9 heteroatoms. The van der Waals surface area contributed by atoms with E-state index in [9.17, 15) is 4.79 Å². The van der Waals surface area contributed by atoms with E-state index in [4.69, 9.17) is 5.26 Å². The van der Waals surface area contributed by atoms with E-state index in [1.807, 2.05) is 19.3 Å². The van der Waals surface area contributed by atoms with Gasteiger partial charge in [-0.2, -0.15) is 15.3 Å². The highest BCUT2D eigenvalue weighted by Gasteiger charge is 2.51. The van der Waals surface area contributed by atoms with E-state index in [0.717, 1.165) is 43.9 Å². The quantitative estimate of drug-likeness (QED) is 0.855. The minimum absolute atomic E-state index is 0.0750. The third-order valence-electron chi connectivity index (χ3n) is 5.94. The van der Waals surface area contributed by atoms with Crippen LogP contribution in [0.15, 0.2) is 24.7 Å². The molecule has 2 bridgehead atoms. The maximum atomic E-state index is 12.8. The van der Waals surface area contributed by atoms with Crippen LogP contribution in [0, 0.1) is 23.2 Å². The molecular weight excluding hydrogens is 356 g/mol. The van der Waals surface area contributed by atoms with Crippen LogP contribution in [0.3, 0.4) is 0 Å². The number of carbonyl (C=O) groups is 1. The molecule has 0 radical (unpaired) electrons. The van der Waals surface area contributed by atoms with Gasteiger partial charge in [0.2, 0.25) is 11.9 Å². The van der Waals surface area contributed by atoms with Gasteiger partial charge in [0, 0.05) is 44.6 Å². The first kappa shape index (κ1) is 17.0. The lowest BCUT2D eigenvalue weighted by atomic mass is 10.1. The van der Waals surface area contributed by atoms with Gasteiger partial charge in [-0.05, 0) is 25.3 Å². The molecule has 0 aromatic carbocycles. The van der Waals surface area contributed by atoms with E-state index < -0.39 is 0 Å². The number of aromatic nitrogens is 4. The molecule has 9 nitrogen and oxygen atoms in total. The first-order chi connectivity index (χ1) is 13.6. The summed E-state index contributed by atoms with van der Waals surface area (Å²) in [5.74, 6) is 1.43. The lowest BCUT2D eigenvalue weighted by molar-refractivity contribution is -0.136. The molecule has 3 fully saturated rings. The van der Waals surface area contributed by atoms with Gasteiger partial charge >= 0.3 is 0 Å². The highest BCUT2D eigenvalue weighted by Crippen LogP contribution is 2.43. The van der Waals surface area contributed by atoms with Crippen LogP contribution in [0.2, 0.25) is 0 Å². The van der Waals surface area contributed by atoms with Gasteiger partial charge in [0.15, 0.2) is 0 Å². The molecule has 28 heavy (non-hydrogen) atoms. The fourth-order valence-electron chi connectivity index (χ4n) is 4.45. The molecule has 5 rings (SSSR count). The van der Waals surface area contributed by atoms with Crippen molar-refractivity contribution in [3.05, 3.63) is 24.7 Å². The molecule has 1 amide bonds. The molecule has 2 aromatic heterocycles. The molecule has 1 aliphatic carbocycles. The van der Waals surface area contributed by atoms with E-state index in [0.29, 0.717) is 5.95 Å². The molecule has 4 atom stereocenters. The number of rotatable bonds is 4. The molecule has 2 saturated heterocycles. The molecule has 3 aliphatic rings. The van der Waals surface area contributed by atoms with Crippen LogP contribution < -0.4 is 10.2 Å². The Balaban J connectivity index is 1.29. The maximum absolute atomic E-state index is 12.8. The van der Waals surface area contributed by atoms with Gasteiger partial charge in [-0.25, -0.2) is 4.98 Å². The number of hydrogen-bond donors (Lipinski definition) is 1. The number of piperazine rings is 1. The van der Waals surface area contributed by atoms with Crippen LogP contribution >= 0.6 is 0 Å². The second kappa shape index (κ2) is 6.48. The number of nitrogens with zero attached hydrogens (tertiary/aromatic N) is 7. The fourth-order valence-corrected chi connectivity index (χ4v) is 4.45. The van der Waals surface area contributed by atoms with Crippen LogP contribution in [0.1, 0.15) is 19.3 Å². The lowest BCUT2D eigenvalue weighted by Crippen LogP contribution is -2.56. The molecule has 2 aromatic rings. The average Bonchev–Trinajstić information content (AvgIpc) is 3.32.